The van der Waals surface area contributed by atoms with Gasteiger partial charge in [-0.2, -0.15) is 0 Å². The van der Waals surface area contributed by atoms with Gasteiger partial charge in [-0.05, 0) is 48.0 Å². The molecule has 3 N–H and O–H groups in total. The Hall–Kier alpha value is -1.40. The van der Waals surface area contributed by atoms with E-state index in [0.29, 0.717) is 11.3 Å². The molecule has 6 heteroatoms. The molecule has 0 saturated carbocycles. The molecule has 4 nitrogen and oxygen atoms in total. The van der Waals surface area contributed by atoms with Crippen molar-refractivity contribution in [2.75, 3.05) is 5.73 Å². The maximum atomic E-state index is 12.2. The van der Waals surface area contributed by atoms with Gasteiger partial charge < -0.3 is 11.1 Å². The highest BCUT2D eigenvalue weighted by Crippen LogP contribution is 2.24. The first-order valence-corrected chi connectivity index (χ1v) is 7.35. The third kappa shape index (κ3) is 3.13. The Labute approximate surface area is 124 Å². The molecule has 0 bridgehead atoms. The smallest absolute Gasteiger partial charge is 0.252 e. The third-order valence-electron chi connectivity index (χ3n) is 2.65. The van der Waals surface area contributed by atoms with Crippen LogP contribution < -0.4 is 11.1 Å². The number of amides is 1. The predicted molar refractivity (Wildman–Crippen MR) is 81.2 cm³/mol. The summed E-state index contributed by atoms with van der Waals surface area (Å²) in [4.78, 5) is 16.5. The molecule has 0 atom stereocenters. The van der Waals surface area contributed by atoms with E-state index in [2.05, 4.69) is 26.2 Å². The number of rotatable bonds is 3. The average molecular weight is 340 g/mol. The van der Waals surface area contributed by atoms with E-state index in [1.165, 1.54) is 11.3 Å². The topological polar surface area (TPSA) is 68.0 Å². The Balaban J connectivity index is 2.19. The molecule has 1 heterocycles. The highest BCUT2D eigenvalue weighted by Gasteiger charge is 2.26. The monoisotopic (exact) mass is 339 g/mol. The minimum absolute atomic E-state index is 0.167. The van der Waals surface area contributed by atoms with Crippen molar-refractivity contribution in [3.63, 3.8) is 0 Å². The summed E-state index contributed by atoms with van der Waals surface area (Å²) >= 11 is 4.82. The molecule has 0 saturated heterocycles. The first-order chi connectivity index (χ1) is 8.90. The largest absolute Gasteiger partial charge is 0.398 e. The lowest BCUT2D eigenvalue weighted by molar-refractivity contribution is 0.0912. The van der Waals surface area contributed by atoms with Crippen LogP contribution in [0.3, 0.4) is 0 Å². The highest BCUT2D eigenvalue weighted by atomic mass is 79.9. The van der Waals surface area contributed by atoms with Gasteiger partial charge in [-0.1, -0.05) is 0 Å². The van der Waals surface area contributed by atoms with Gasteiger partial charge in [0.25, 0.3) is 5.91 Å². The van der Waals surface area contributed by atoms with Crippen molar-refractivity contribution in [2.45, 2.75) is 19.4 Å². The Morgan fingerprint density at radius 1 is 1.47 bits per heavy atom. The van der Waals surface area contributed by atoms with Gasteiger partial charge in [-0.15, -0.1) is 11.3 Å². The summed E-state index contributed by atoms with van der Waals surface area (Å²) in [6.45, 7) is 3.85. The van der Waals surface area contributed by atoms with Crippen molar-refractivity contribution in [3.05, 3.63) is 44.8 Å². The van der Waals surface area contributed by atoms with E-state index in [9.17, 15) is 4.79 Å². The van der Waals surface area contributed by atoms with E-state index in [1.807, 2.05) is 19.2 Å². The number of nitrogen functional groups attached to an aromatic ring is 1. The number of anilines is 1. The van der Waals surface area contributed by atoms with Crippen LogP contribution in [0.1, 0.15) is 29.2 Å². The lowest BCUT2D eigenvalue weighted by Crippen LogP contribution is -2.40. The van der Waals surface area contributed by atoms with Gasteiger partial charge in [0.1, 0.15) is 5.01 Å². The molecule has 2 aromatic rings. The van der Waals surface area contributed by atoms with Crippen LogP contribution in [0.2, 0.25) is 0 Å². The summed E-state index contributed by atoms with van der Waals surface area (Å²) in [5.74, 6) is -0.167. The molecule has 1 aromatic carbocycles. The number of benzene rings is 1. The van der Waals surface area contributed by atoms with Crippen LogP contribution >= 0.6 is 27.3 Å². The molecule has 1 aromatic heterocycles. The molecular formula is C13H14BrN3OS. The number of hydrogen-bond acceptors (Lipinski definition) is 4. The fourth-order valence-electron chi connectivity index (χ4n) is 1.63. The summed E-state index contributed by atoms with van der Waals surface area (Å²) in [7, 11) is 0. The summed E-state index contributed by atoms with van der Waals surface area (Å²) in [5.41, 5.74) is 6.35. The number of halogens is 1. The molecule has 100 valence electrons. The fourth-order valence-corrected chi connectivity index (χ4v) is 2.59. The maximum Gasteiger partial charge on any atom is 0.252 e. The van der Waals surface area contributed by atoms with Gasteiger partial charge in [0.15, 0.2) is 0 Å². The second-order valence-electron chi connectivity index (χ2n) is 4.65. The quantitative estimate of drug-likeness (QED) is 0.844. The van der Waals surface area contributed by atoms with Crippen LogP contribution in [0, 0.1) is 0 Å². The van der Waals surface area contributed by atoms with Gasteiger partial charge in [-0.3, -0.25) is 4.79 Å². The van der Waals surface area contributed by atoms with Crippen LogP contribution in [-0.4, -0.2) is 10.9 Å². The van der Waals surface area contributed by atoms with E-state index in [4.69, 9.17) is 5.73 Å². The van der Waals surface area contributed by atoms with Crippen LogP contribution in [-0.2, 0) is 5.54 Å². The number of nitrogens with two attached hydrogens (primary N) is 1. The van der Waals surface area contributed by atoms with Crippen molar-refractivity contribution in [1.29, 1.82) is 0 Å². The van der Waals surface area contributed by atoms with E-state index in [0.717, 1.165) is 9.48 Å². The highest BCUT2D eigenvalue weighted by molar-refractivity contribution is 9.10. The maximum absolute atomic E-state index is 12.2. The Morgan fingerprint density at radius 3 is 2.79 bits per heavy atom. The summed E-state index contributed by atoms with van der Waals surface area (Å²) in [5, 5.41) is 5.72. The molecule has 0 aliphatic rings. The Bertz CT molecular complexity index is 596. The van der Waals surface area contributed by atoms with Crippen LogP contribution in [0.15, 0.2) is 34.2 Å². The zero-order chi connectivity index (χ0) is 14.0. The molecule has 19 heavy (non-hydrogen) atoms. The van der Waals surface area contributed by atoms with Crippen molar-refractivity contribution >= 4 is 38.9 Å². The Morgan fingerprint density at radius 2 is 2.21 bits per heavy atom. The van der Waals surface area contributed by atoms with Crippen molar-refractivity contribution in [2.24, 2.45) is 0 Å². The van der Waals surface area contributed by atoms with E-state index in [-0.39, 0.29) is 5.91 Å². The summed E-state index contributed by atoms with van der Waals surface area (Å²) in [6, 6.07) is 5.14. The van der Waals surface area contributed by atoms with E-state index in [1.54, 1.807) is 24.4 Å². The van der Waals surface area contributed by atoms with Gasteiger partial charge in [0.2, 0.25) is 0 Å². The zero-order valence-electron chi connectivity index (χ0n) is 10.6. The molecule has 2 rings (SSSR count). The van der Waals surface area contributed by atoms with Crippen LogP contribution in [0.25, 0.3) is 0 Å². The van der Waals surface area contributed by atoms with Crippen molar-refractivity contribution in [1.82, 2.24) is 10.3 Å². The van der Waals surface area contributed by atoms with E-state index >= 15 is 0 Å². The average Bonchev–Trinajstić information content (AvgIpc) is 2.86. The number of thiazole rings is 1. The van der Waals surface area contributed by atoms with Crippen molar-refractivity contribution < 1.29 is 4.79 Å². The molecule has 0 spiro atoms. The van der Waals surface area contributed by atoms with E-state index < -0.39 is 5.54 Å². The Kier molecular flexibility index (Phi) is 3.91. The second-order valence-corrected chi connectivity index (χ2v) is 6.40. The molecule has 1 amide bonds. The van der Waals surface area contributed by atoms with Gasteiger partial charge in [-0.25, -0.2) is 4.98 Å². The first kappa shape index (κ1) is 14.0. The van der Waals surface area contributed by atoms with Gasteiger partial charge >= 0.3 is 0 Å². The number of carbonyl (C=O) groups is 1. The lowest BCUT2D eigenvalue weighted by Gasteiger charge is -2.23. The summed E-state index contributed by atoms with van der Waals surface area (Å²) in [6.07, 6.45) is 1.73. The van der Waals surface area contributed by atoms with Gasteiger partial charge in [0, 0.05) is 27.3 Å². The zero-order valence-corrected chi connectivity index (χ0v) is 13.0. The minimum atomic E-state index is -0.507. The normalized spacial score (nSPS) is 11.3. The molecule has 0 aliphatic heterocycles. The third-order valence-corrected chi connectivity index (χ3v) is 4.47. The van der Waals surface area contributed by atoms with Crippen molar-refractivity contribution in [3.8, 4) is 0 Å². The standard InChI is InChI=1S/C13H14BrN3OS/c1-13(2,12-16-5-6-19-12)17-11(18)8-3-4-9(14)10(15)7-8/h3-7H,15H2,1-2H3,(H,17,18). The summed E-state index contributed by atoms with van der Waals surface area (Å²) < 4.78 is 0.781. The number of nitrogens with zero attached hydrogens (tertiary/aromatic N) is 1. The molecule has 0 unspecified atom stereocenters. The molecule has 0 aliphatic carbocycles. The number of aromatic nitrogens is 1. The minimum Gasteiger partial charge on any atom is -0.398 e. The number of carbonyl (C=O) groups excluding carboxylic acids is 1. The van der Waals surface area contributed by atoms with Crippen LogP contribution in [0.5, 0.6) is 0 Å². The second kappa shape index (κ2) is 5.30. The predicted octanol–water partition coefficient (Wildman–Crippen LogP) is 3.15. The van der Waals surface area contributed by atoms with Gasteiger partial charge in [0.05, 0.1) is 5.54 Å². The fraction of sp³-hybridized carbons (Fsp3) is 0.231. The lowest BCUT2D eigenvalue weighted by atomic mass is 10.1. The SMILES string of the molecule is CC(C)(NC(=O)c1ccc(Br)c(N)c1)c1nccs1. The molecular weight excluding hydrogens is 326 g/mol. The first-order valence-electron chi connectivity index (χ1n) is 5.67. The van der Waals surface area contributed by atoms with Crippen LogP contribution in [0.4, 0.5) is 5.69 Å². The molecule has 0 fully saturated rings. The number of hydrogen-bond donors (Lipinski definition) is 2. The molecule has 0 radical (unpaired) electrons. The number of nitrogens with one attached hydrogen (secondary N) is 1.